The Hall–Kier alpha value is -3.62. The number of fused-ring (bicyclic) bond motifs is 1. The number of morpholine rings is 1. The third kappa shape index (κ3) is 8.86. The van der Waals surface area contributed by atoms with Gasteiger partial charge >= 0.3 is 5.97 Å². The van der Waals surface area contributed by atoms with E-state index in [1.54, 1.807) is 17.1 Å². The van der Waals surface area contributed by atoms with Crippen molar-refractivity contribution in [2.45, 2.75) is 81.9 Å². The summed E-state index contributed by atoms with van der Waals surface area (Å²) in [5.41, 5.74) is -0.631. The number of aliphatic hydroxyl groups is 1. The lowest BCUT2D eigenvalue weighted by atomic mass is 9.70. The zero-order chi connectivity index (χ0) is 38.1. The number of hydrogen-bond acceptors (Lipinski definition) is 10. The molecule has 0 unspecified atom stereocenters. The van der Waals surface area contributed by atoms with Gasteiger partial charge in [0, 0.05) is 46.3 Å². The number of nitrogens with one attached hydrogen (secondary N) is 1. The normalized spacial score (nSPS) is 26.9. The van der Waals surface area contributed by atoms with Crippen LogP contribution in [0.1, 0.15) is 57.6 Å². The molecule has 1 aromatic rings. The molecule has 0 saturated carbocycles. The van der Waals surface area contributed by atoms with Crippen molar-refractivity contribution in [1.29, 1.82) is 0 Å². The van der Waals surface area contributed by atoms with Crippen molar-refractivity contribution in [3.63, 3.8) is 0 Å². The number of aliphatic hydroxyl groups excluding tert-OH is 1. The first-order valence-electron chi connectivity index (χ1n) is 19.0. The number of hydrogen-bond donors (Lipinski definition) is 2. The average molecular weight is 739 g/mol. The lowest BCUT2D eigenvalue weighted by Gasteiger charge is -2.40. The van der Waals surface area contributed by atoms with E-state index in [1.807, 2.05) is 44.2 Å². The summed E-state index contributed by atoms with van der Waals surface area (Å²) in [5.74, 6) is -3.43. The van der Waals surface area contributed by atoms with Crippen LogP contribution < -0.4 is 5.32 Å². The van der Waals surface area contributed by atoms with Crippen molar-refractivity contribution in [2.75, 3.05) is 66.3 Å². The summed E-state index contributed by atoms with van der Waals surface area (Å²) in [6, 6.07) is 6.69. The lowest BCUT2D eigenvalue weighted by molar-refractivity contribution is -0.163. The van der Waals surface area contributed by atoms with Gasteiger partial charge in [-0.15, -0.1) is 13.2 Å². The number of nitrogens with zero attached hydrogens (tertiary/aromatic N) is 3. The first-order chi connectivity index (χ1) is 25.6. The van der Waals surface area contributed by atoms with Gasteiger partial charge in [0.1, 0.15) is 17.7 Å². The minimum atomic E-state index is -1.28. The Balaban J connectivity index is 1.48. The highest BCUT2D eigenvalue weighted by Crippen LogP contribution is 2.59. The van der Waals surface area contributed by atoms with Crippen molar-refractivity contribution in [3.05, 3.63) is 61.2 Å². The fourth-order valence-electron chi connectivity index (χ4n) is 8.68. The first-order valence-corrected chi connectivity index (χ1v) is 19.0. The molecule has 1 spiro atoms. The summed E-state index contributed by atoms with van der Waals surface area (Å²) in [6.45, 7) is 15.4. The standard InChI is InChI=1S/C40H58N4O9/c1-6-8-14-32(46)41-30(26-50-5)35(28-12-10-9-11-13-28)52-39(49)33-31-15-16-40(53-31)34(33)37(47)44(29(25-45)24-27(3)4)36(40)38(48)43(17-7-2)19-18-42-20-22-51-23-21-42/h6-7,9-13,27,29-31,33-36,45H,1-2,8,14-26H2,3-5H3,(H,41,46)/t29-,30+,31+,33-,34-,35+,36+,40-/m1/s1. The van der Waals surface area contributed by atoms with Crippen LogP contribution in [0.4, 0.5) is 0 Å². The molecule has 0 aromatic heterocycles. The lowest BCUT2D eigenvalue weighted by Crippen LogP contribution is -2.59. The third-order valence-corrected chi connectivity index (χ3v) is 11.0. The molecule has 2 bridgehead atoms. The van der Waals surface area contributed by atoms with Gasteiger partial charge < -0.3 is 39.2 Å². The monoisotopic (exact) mass is 738 g/mol. The molecule has 13 nitrogen and oxygen atoms in total. The minimum Gasteiger partial charge on any atom is -0.455 e. The molecule has 4 aliphatic heterocycles. The van der Waals surface area contributed by atoms with E-state index in [0.717, 1.165) is 13.1 Å². The molecular formula is C40H58N4O9. The van der Waals surface area contributed by atoms with Crippen molar-refractivity contribution in [1.82, 2.24) is 20.0 Å². The van der Waals surface area contributed by atoms with Gasteiger partial charge in [-0.2, -0.15) is 0 Å². The summed E-state index contributed by atoms with van der Waals surface area (Å²) < 4.78 is 24.1. The van der Waals surface area contributed by atoms with Gasteiger partial charge in [0.05, 0.1) is 56.5 Å². The Bertz CT molecular complexity index is 1440. The average Bonchev–Trinajstić information content (AvgIpc) is 3.81. The number of carbonyl (C=O) groups excluding carboxylic acids is 4. The van der Waals surface area contributed by atoms with E-state index < -0.39 is 53.7 Å². The largest absolute Gasteiger partial charge is 0.455 e. The number of esters is 1. The second kappa shape index (κ2) is 18.6. The van der Waals surface area contributed by atoms with Crippen LogP contribution in [0.15, 0.2) is 55.6 Å². The molecule has 3 amide bonds. The van der Waals surface area contributed by atoms with E-state index in [9.17, 15) is 24.3 Å². The fraction of sp³-hybridized carbons (Fsp3) is 0.650. The molecule has 5 rings (SSSR count). The van der Waals surface area contributed by atoms with Gasteiger partial charge in [0.25, 0.3) is 0 Å². The number of carbonyl (C=O) groups is 4. The van der Waals surface area contributed by atoms with Crippen LogP contribution in [-0.2, 0) is 38.1 Å². The fourth-order valence-corrected chi connectivity index (χ4v) is 8.68. The number of likely N-dealkylation sites (tertiary alicyclic amines) is 1. The Morgan fingerprint density at radius 1 is 1.15 bits per heavy atom. The Labute approximate surface area is 313 Å². The SMILES string of the molecule is C=CCCC(=O)N[C@@H](COC)[C@@H](OC(=O)[C@@H]1[C@@H]2CC[C@]3(O2)[C@H](C(=O)N(CC=C)CCN2CCOCC2)N([C@@H](CO)CC(C)C)C(=O)[C@@H]13)c1ccccc1. The van der Waals surface area contributed by atoms with Crippen LogP contribution in [0, 0.1) is 17.8 Å². The van der Waals surface area contributed by atoms with Crippen LogP contribution in [-0.4, -0.2) is 140 Å². The summed E-state index contributed by atoms with van der Waals surface area (Å²) in [4.78, 5) is 62.7. The van der Waals surface area contributed by atoms with Crippen LogP contribution in [0.3, 0.4) is 0 Å². The maximum absolute atomic E-state index is 14.9. The Kier molecular flexibility index (Phi) is 14.2. The molecule has 292 valence electrons. The second-order valence-corrected chi connectivity index (χ2v) is 15.0. The van der Waals surface area contributed by atoms with Crippen LogP contribution in [0.2, 0.25) is 0 Å². The van der Waals surface area contributed by atoms with Crippen molar-refractivity contribution >= 4 is 23.7 Å². The minimum absolute atomic E-state index is 0.0604. The molecule has 0 radical (unpaired) electrons. The zero-order valence-corrected chi connectivity index (χ0v) is 31.5. The number of benzene rings is 1. The number of amides is 3. The van der Waals surface area contributed by atoms with Crippen molar-refractivity contribution in [3.8, 4) is 0 Å². The number of ether oxygens (including phenoxy) is 4. The predicted octanol–water partition coefficient (Wildman–Crippen LogP) is 2.50. The van der Waals surface area contributed by atoms with Gasteiger partial charge in [-0.1, -0.05) is 56.3 Å². The Morgan fingerprint density at radius 3 is 2.53 bits per heavy atom. The maximum atomic E-state index is 14.9. The summed E-state index contributed by atoms with van der Waals surface area (Å²) in [5, 5.41) is 13.7. The second-order valence-electron chi connectivity index (χ2n) is 15.0. The van der Waals surface area contributed by atoms with E-state index in [2.05, 4.69) is 23.4 Å². The van der Waals surface area contributed by atoms with Crippen molar-refractivity contribution in [2.24, 2.45) is 17.8 Å². The van der Waals surface area contributed by atoms with E-state index in [1.165, 1.54) is 12.0 Å². The summed E-state index contributed by atoms with van der Waals surface area (Å²) in [7, 11) is 1.51. The number of rotatable bonds is 20. The summed E-state index contributed by atoms with van der Waals surface area (Å²) in [6.07, 6.45) is 3.76. The zero-order valence-electron chi connectivity index (χ0n) is 31.5. The van der Waals surface area contributed by atoms with E-state index in [0.29, 0.717) is 57.6 Å². The molecule has 4 fully saturated rings. The molecule has 4 saturated heterocycles. The third-order valence-electron chi connectivity index (χ3n) is 11.0. The topological polar surface area (TPSA) is 147 Å². The maximum Gasteiger partial charge on any atom is 0.313 e. The van der Waals surface area contributed by atoms with Gasteiger partial charge in [0.2, 0.25) is 17.7 Å². The molecule has 0 aliphatic carbocycles. The van der Waals surface area contributed by atoms with Gasteiger partial charge in [-0.25, -0.2) is 0 Å². The summed E-state index contributed by atoms with van der Waals surface area (Å²) >= 11 is 0. The van der Waals surface area contributed by atoms with Crippen molar-refractivity contribution < 1.29 is 43.2 Å². The van der Waals surface area contributed by atoms with E-state index in [-0.39, 0.29) is 49.8 Å². The predicted molar refractivity (Wildman–Crippen MR) is 197 cm³/mol. The molecule has 4 heterocycles. The van der Waals surface area contributed by atoms with Crippen LogP contribution >= 0.6 is 0 Å². The number of methoxy groups -OCH3 is 1. The highest BCUT2D eigenvalue weighted by atomic mass is 16.6. The first kappa shape index (κ1) is 40.6. The molecule has 53 heavy (non-hydrogen) atoms. The van der Waals surface area contributed by atoms with E-state index in [4.69, 9.17) is 18.9 Å². The molecule has 2 N–H and O–H groups in total. The molecule has 4 aliphatic rings. The molecular weight excluding hydrogens is 680 g/mol. The van der Waals surface area contributed by atoms with Crippen LogP contribution in [0.5, 0.6) is 0 Å². The van der Waals surface area contributed by atoms with Crippen LogP contribution in [0.25, 0.3) is 0 Å². The highest BCUT2D eigenvalue weighted by Gasteiger charge is 2.75. The smallest absolute Gasteiger partial charge is 0.313 e. The van der Waals surface area contributed by atoms with Gasteiger partial charge in [-0.3, -0.25) is 24.1 Å². The highest BCUT2D eigenvalue weighted by molar-refractivity contribution is 5.98. The van der Waals surface area contributed by atoms with E-state index >= 15 is 0 Å². The van der Waals surface area contributed by atoms with Gasteiger partial charge in [-0.05, 0) is 37.2 Å². The molecule has 1 aromatic carbocycles. The molecule has 8 atom stereocenters. The van der Waals surface area contributed by atoms with Gasteiger partial charge in [0.15, 0.2) is 0 Å². The quantitative estimate of drug-likeness (QED) is 0.151. The molecule has 13 heteroatoms. The number of allylic oxidation sites excluding steroid dienone is 1. The Morgan fingerprint density at radius 2 is 1.89 bits per heavy atom.